The van der Waals surface area contributed by atoms with E-state index >= 15 is 0 Å². The first kappa shape index (κ1) is 16.6. The highest BCUT2D eigenvalue weighted by molar-refractivity contribution is 7.16. The van der Waals surface area contributed by atoms with Crippen LogP contribution >= 0.6 is 22.7 Å². The number of aromatic nitrogens is 1. The lowest BCUT2D eigenvalue weighted by Crippen LogP contribution is -2.19. The molecule has 0 atom stereocenters. The summed E-state index contributed by atoms with van der Waals surface area (Å²) in [4.78, 5) is 18.7. The first-order valence-corrected chi connectivity index (χ1v) is 9.33. The Bertz CT molecular complexity index is 877. The lowest BCUT2D eigenvalue weighted by atomic mass is 10.1. The minimum Gasteiger partial charge on any atom is -0.348 e. The standard InChI is InChI=1S/C19H18N2OS2/c1-13-4-3-5-15(10-13)6-9-19(22)20-11-16-7-8-18(24-16)17-12-23-14(2)21-17/h3-10,12H,11H2,1-2H3,(H,20,22)/b9-6+. The summed E-state index contributed by atoms with van der Waals surface area (Å²) in [5.41, 5.74) is 3.22. The topological polar surface area (TPSA) is 42.0 Å². The molecule has 0 fully saturated rings. The van der Waals surface area contributed by atoms with E-state index in [1.165, 1.54) is 5.56 Å². The largest absolute Gasteiger partial charge is 0.348 e. The second kappa shape index (κ2) is 7.55. The number of carbonyl (C=O) groups excluding carboxylic acids is 1. The highest BCUT2D eigenvalue weighted by Gasteiger charge is 2.06. The number of benzene rings is 1. The van der Waals surface area contributed by atoms with Gasteiger partial charge in [-0.15, -0.1) is 22.7 Å². The molecule has 3 rings (SSSR count). The molecule has 0 saturated heterocycles. The number of aryl methyl sites for hydroxylation is 2. The Kier molecular flexibility index (Phi) is 5.23. The van der Waals surface area contributed by atoms with Crippen molar-refractivity contribution in [2.45, 2.75) is 20.4 Å². The van der Waals surface area contributed by atoms with Gasteiger partial charge in [0.1, 0.15) is 0 Å². The summed E-state index contributed by atoms with van der Waals surface area (Å²) in [6.07, 6.45) is 3.41. The Morgan fingerprint density at radius 2 is 2.12 bits per heavy atom. The van der Waals surface area contributed by atoms with Crippen molar-refractivity contribution in [2.75, 3.05) is 0 Å². The number of nitrogens with zero attached hydrogens (tertiary/aromatic N) is 1. The fourth-order valence-corrected chi connectivity index (χ4v) is 3.86. The van der Waals surface area contributed by atoms with Crippen LogP contribution in [0.4, 0.5) is 0 Å². The molecule has 3 aromatic rings. The normalized spacial score (nSPS) is 11.1. The minimum absolute atomic E-state index is 0.0871. The van der Waals surface area contributed by atoms with Crippen LogP contribution in [-0.4, -0.2) is 10.9 Å². The van der Waals surface area contributed by atoms with E-state index in [-0.39, 0.29) is 5.91 Å². The van der Waals surface area contributed by atoms with E-state index in [4.69, 9.17) is 0 Å². The Morgan fingerprint density at radius 3 is 2.88 bits per heavy atom. The van der Waals surface area contributed by atoms with Gasteiger partial charge in [-0.2, -0.15) is 0 Å². The number of thiophene rings is 1. The molecule has 5 heteroatoms. The van der Waals surface area contributed by atoms with E-state index in [2.05, 4.69) is 21.7 Å². The van der Waals surface area contributed by atoms with Gasteiger partial charge >= 0.3 is 0 Å². The van der Waals surface area contributed by atoms with Crippen LogP contribution in [0.5, 0.6) is 0 Å². The van der Waals surface area contributed by atoms with Crippen molar-refractivity contribution in [2.24, 2.45) is 0 Å². The number of hydrogen-bond donors (Lipinski definition) is 1. The van der Waals surface area contributed by atoms with E-state index in [0.717, 1.165) is 26.0 Å². The molecule has 0 aliphatic rings. The van der Waals surface area contributed by atoms with Crippen molar-refractivity contribution < 1.29 is 4.79 Å². The van der Waals surface area contributed by atoms with Crippen LogP contribution in [0, 0.1) is 13.8 Å². The summed E-state index contributed by atoms with van der Waals surface area (Å²) in [7, 11) is 0. The van der Waals surface area contributed by atoms with Crippen LogP contribution in [0.2, 0.25) is 0 Å². The molecule has 0 spiro atoms. The maximum absolute atomic E-state index is 12.0. The molecule has 1 aromatic carbocycles. The van der Waals surface area contributed by atoms with Gasteiger partial charge in [0, 0.05) is 16.3 Å². The predicted octanol–water partition coefficient (Wildman–Crippen LogP) is 4.82. The van der Waals surface area contributed by atoms with Gasteiger partial charge < -0.3 is 5.32 Å². The number of amides is 1. The fraction of sp³-hybridized carbons (Fsp3) is 0.158. The highest BCUT2D eigenvalue weighted by Crippen LogP contribution is 2.28. The molecule has 0 unspecified atom stereocenters. The first-order valence-electron chi connectivity index (χ1n) is 7.64. The van der Waals surface area contributed by atoms with Crippen molar-refractivity contribution in [3.8, 4) is 10.6 Å². The van der Waals surface area contributed by atoms with Gasteiger partial charge in [-0.25, -0.2) is 4.98 Å². The molecule has 0 aliphatic carbocycles. The van der Waals surface area contributed by atoms with Gasteiger partial charge in [-0.1, -0.05) is 29.8 Å². The van der Waals surface area contributed by atoms with Gasteiger partial charge in [-0.3, -0.25) is 4.79 Å². The van der Waals surface area contributed by atoms with Crippen LogP contribution < -0.4 is 5.32 Å². The highest BCUT2D eigenvalue weighted by atomic mass is 32.1. The van der Waals surface area contributed by atoms with E-state index in [0.29, 0.717) is 6.54 Å². The van der Waals surface area contributed by atoms with Crippen molar-refractivity contribution >= 4 is 34.7 Å². The van der Waals surface area contributed by atoms with Gasteiger partial charge in [0.25, 0.3) is 0 Å². The van der Waals surface area contributed by atoms with Gasteiger partial charge in [0.15, 0.2) is 0 Å². The van der Waals surface area contributed by atoms with Crippen LogP contribution in [0.15, 0.2) is 47.9 Å². The van der Waals surface area contributed by atoms with Crippen molar-refractivity contribution in [3.63, 3.8) is 0 Å². The number of nitrogens with one attached hydrogen (secondary N) is 1. The molecule has 2 heterocycles. The maximum Gasteiger partial charge on any atom is 0.244 e. The average molecular weight is 355 g/mol. The molecule has 1 N–H and O–H groups in total. The second-order valence-corrected chi connectivity index (χ2v) is 7.71. The Balaban J connectivity index is 1.56. The van der Waals surface area contributed by atoms with Crippen molar-refractivity contribution in [1.82, 2.24) is 10.3 Å². The molecule has 122 valence electrons. The van der Waals surface area contributed by atoms with Gasteiger partial charge in [-0.05, 0) is 37.6 Å². The summed E-state index contributed by atoms with van der Waals surface area (Å²) < 4.78 is 0. The quantitative estimate of drug-likeness (QED) is 0.668. The molecule has 0 radical (unpaired) electrons. The zero-order chi connectivity index (χ0) is 16.9. The molecule has 3 nitrogen and oxygen atoms in total. The molecule has 0 saturated carbocycles. The van der Waals surface area contributed by atoms with E-state index < -0.39 is 0 Å². The van der Waals surface area contributed by atoms with Gasteiger partial charge in [0.2, 0.25) is 5.91 Å². The molecular formula is C19H18N2OS2. The third-order valence-corrected chi connectivity index (χ3v) is 5.32. The Labute approximate surface area is 149 Å². The molecule has 2 aromatic heterocycles. The third kappa shape index (κ3) is 4.40. The van der Waals surface area contributed by atoms with E-state index in [9.17, 15) is 4.79 Å². The SMILES string of the molecule is Cc1cccc(/C=C/C(=O)NCc2ccc(-c3csc(C)n3)s2)c1. The Morgan fingerprint density at radius 1 is 1.25 bits per heavy atom. The fourth-order valence-electron chi connectivity index (χ4n) is 2.27. The second-order valence-electron chi connectivity index (χ2n) is 5.48. The van der Waals surface area contributed by atoms with Crippen LogP contribution in [0.25, 0.3) is 16.6 Å². The molecule has 1 amide bonds. The van der Waals surface area contributed by atoms with E-state index in [1.54, 1.807) is 28.7 Å². The van der Waals surface area contributed by atoms with Crippen LogP contribution in [0.1, 0.15) is 21.0 Å². The smallest absolute Gasteiger partial charge is 0.244 e. The summed E-state index contributed by atoms with van der Waals surface area (Å²) in [6, 6.07) is 12.2. The lowest BCUT2D eigenvalue weighted by molar-refractivity contribution is -0.116. The summed E-state index contributed by atoms with van der Waals surface area (Å²) in [5, 5.41) is 6.05. The number of thiazole rings is 1. The van der Waals surface area contributed by atoms with Crippen LogP contribution in [0.3, 0.4) is 0 Å². The van der Waals surface area contributed by atoms with Crippen molar-refractivity contribution in [3.05, 3.63) is 68.9 Å². The zero-order valence-electron chi connectivity index (χ0n) is 13.6. The number of hydrogen-bond acceptors (Lipinski definition) is 4. The monoisotopic (exact) mass is 354 g/mol. The van der Waals surface area contributed by atoms with Crippen LogP contribution in [-0.2, 0) is 11.3 Å². The molecular weight excluding hydrogens is 336 g/mol. The Hall–Kier alpha value is -2.24. The number of carbonyl (C=O) groups is 1. The maximum atomic E-state index is 12.0. The zero-order valence-corrected chi connectivity index (χ0v) is 15.2. The summed E-state index contributed by atoms with van der Waals surface area (Å²) in [6.45, 7) is 4.57. The first-order chi connectivity index (χ1) is 11.6. The summed E-state index contributed by atoms with van der Waals surface area (Å²) >= 11 is 3.31. The molecule has 24 heavy (non-hydrogen) atoms. The van der Waals surface area contributed by atoms with Gasteiger partial charge in [0.05, 0.1) is 22.1 Å². The third-order valence-electron chi connectivity index (χ3n) is 3.44. The molecule has 0 aliphatic heterocycles. The average Bonchev–Trinajstić information content (AvgIpc) is 3.20. The number of rotatable bonds is 5. The molecule has 0 bridgehead atoms. The predicted molar refractivity (Wildman–Crippen MR) is 102 cm³/mol. The summed E-state index contributed by atoms with van der Waals surface area (Å²) in [5.74, 6) is -0.0871. The lowest BCUT2D eigenvalue weighted by Gasteiger charge is -1.99. The van der Waals surface area contributed by atoms with E-state index in [1.807, 2.05) is 50.3 Å². The van der Waals surface area contributed by atoms with Crippen molar-refractivity contribution in [1.29, 1.82) is 0 Å². The minimum atomic E-state index is -0.0871.